The molecule has 0 aromatic heterocycles. The molecule has 2 aromatic rings. The monoisotopic (exact) mass is 274 g/mol. The lowest BCUT2D eigenvalue weighted by molar-refractivity contribution is 0.409. The van der Waals surface area contributed by atoms with Gasteiger partial charge in [-0.25, -0.2) is 0 Å². The van der Waals surface area contributed by atoms with Crippen LogP contribution in [0.5, 0.6) is 5.75 Å². The Kier molecular flexibility index (Phi) is 4.49. The maximum absolute atomic E-state index is 6.57. The van der Waals surface area contributed by atoms with Crippen molar-refractivity contribution in [2.75, 3.05) is 7.11 Å². The minimum Gasteiger partial charge on any atom is -0.496 e. The van der Waals surface area contributed by atoms with E-state index < -0.39 is 0 Å². The van der Waals surface area contributed by atoms with Gasteiger partial charge in [0.1, 0.15) is 5.75 Å². The minimum absolute atomic E-state index is 0.0725. The molecule has 100 valence electrons. The second-order valence-electron chi connectivity index (χ2n) is 4.91. The van der Waals surface area contributed by atoms with Crippen molar-refractivity contribution in [2.24, 2.45) is 0 Å². The van der Waals surface area contributed by atoms with Gasteiger partial charge in [-0.2, -0.15) is 0 Å². The van der Waals surface area contributed by atoms with Crippen LogP contribution in [0.4, 0.5) is 0 Å². The summed E-state index contributed by atoms with van der Waals surface area (Å²) in [5, 5.41) is -0.0725. The van der Waals surface area contributed by atoms with Crippen LogP contribution in [0.15, 0.2) is 42.5 Å². The Hall–Kier alpha value is -1.47. The van der Waals surface area contributed by atoms with Crippen molar-refractivity contribution < 1.29 is 4.74 Å². The van der Waals surface area contributed by atoms with Crippen molar-refractivity contribution >= 4 is 11.6 Å². The van der Waals surface area contributed by atoms with E-state index in [0.717, 1.165) is 17.7 Å². The van der Waals surface area contributed by atoms with Gasteiger partial charge in [0.05, 0.1) is 12.5 Å². The fraction of sp³-hybridized carbons (Fsp3) is 0.294. The van der Waals surface area contributed by atoms with Crippen molar-refractivity contribution in [3.63, 3.8) is 0 Å². The molecule has 0 N–H and O–H groups in total. The van der Waals surface area contributed by atoms with Gasteiger partial charge in [0.25, 0.3) is 0 Å². The van der Waals surface area contributed by atoms with Crippen LogP contribution in [0.2, 0.25) is 0 Å². The largest absolute Gasteiger partial charge is 0.496 e. The van der Waals surface area contributed by atoms with E-state index in [4.69, 9.17) is 16.3 Å². The standard InChI is InChI=1S/C17H19ClO/c1-12-5-4-6-14(9-12)11-16(18)15-10-13(2)7-8-17(15)19-3/h4-10,16H,11H2,1-3H3. The molecule has 0 radical (unpaired) electrons. The number of benzene rings is 2. The van der Waals surface area contributed by atoms with Gasteiger partial charge in [-0.05, 0) is 31.9 Å². The number of alkyl halides is 1. The molecule has 2 aromatic carbocycles. The fourth-order valence-corrected chi connectivity index (χ4v) is 2.60. The Bertz CT molecular complexity index is 563. The topological polar surface area (TPSA) is 9.23 Å². The zero-order valence-corrected chi connectivity index (χ0v) is 12.4. The van der Waals surface area contributed by atoms with Crippen LogP contribution >= 0.6 is 11.6 Å². The maximum Gasteiger partial charge on any atom is 0.123 e. The molecular formula is C17H19ClO. The van der Waals surface area contributed by atoms with Crippen LogP contribution in [0, 0.1) is 13.8 Å². The first-order valence-electron chi connectivity index (χ1n) is 6.44. The average molecular weight is 275 g/mol. The molecule has 0 spiro atoms. The summed E-state index contributed by atoms with van der Waals surface area (Å²) in [7, 11) is 1.68. The molecule has 1 unspecified atom stereocenters. The zero-order chi connectivity index (χ0) is 13.8. The van der Waals surface area contributed by atoms with E-state index >= 15 is 0 Å². The van der Waals surface area contributed by atoms with E-state index in [2.05, 4.69) is 44.2 Å². The number of halogens is 1. The SMILES string of the molecule is COc1ccc(C)cc1C(Cl)Cc1cccc(C)c1. The van der Waals surface area contributed by atoms with E-state index in [9.17, 15) is 0 Å². The van der Waals surface area contributed by atoms with Gasteiger partial charge in [-0.1, -0.05) is 47.5 Å². The highest BCUT2D eigenvalue weighted by Crippen LogP contribution is 2.33. The van der Waals surface area contributed by atoms with Crippen LogP contribution in [-0.4, -0.2) is 7.11 Å². The Morgan fingerprint density at radius 2 is 1.79 bits per heavy atom. The number of aryl methyl sites for hydroxylation is 2. The van der Waals surface area contributed by atoms with E-state index in [1.165, 1.54) is 16.7 Å². The minimum atomic E-state index is -0.0725. The number of hydrogen-bond acceptors (Lipinski definition) is 1. The molecular weight excluding hydrogens is 256 g/mol. The van der Waals surface area contributed by atoms with Crippen molar-refractivity contribution in [1.29, 1.82) is 0 Å². The molecule has 0 aliphatic rings. The van der Waals surface area contributed by atoms with Gasteiger partial charge in [0.2, 0.25) is 0 Å². The lowest BCUT2D eigenvalue weighted by Gasteiger charge is -2.15. The predicted octanol–water partition coefficient (Wildman–Crippen LogP) is 4.83. The number of rotatable bonds is 4. The van der Waals surface area contributed by atoms with Crippen molar-refractivity contribution in [1.82, 2.24) is 0 Å². The van der Waals surface area contributed by atoms with E-state index in [0.29, 0.717) is 0 Å². The molecule has 1 atom stereocenters. The number of ether oxygens (including phenoxy) is 1. The molecule has 0 aliphatic carbocycles. The van der Waals surface area contributed by atoms with Gasteiger partial charge in [0.15, 0.2) is 0 Å². The second kappa shape index (κ2) is 6.12. The molecule has 0 amide bonds. The molecule has 2 heteroatoms. The Balaban J connectivity index is 2.24. The number of methoxy groups -OCH3 is 1. The van der Waals surface area contributed by atoms with Gasteiger partial charge in [0, 0.05) is 5.56 Å². The molecule has 0 fully saturated rings. The summed E-state index contributed by atoms with van der Waals surface area (Å²) >= 11 is 6.57. The summed E-state index contributed by atoms with van der Waals surface area (Å²) in [4.78, 5) is 0. The smallest absolute Gasteiger partial charge is 0.123 e. The Morgan fingerprint density at radius 1 is 1.05 bits per heavy atom. The summed E-state index contributed by atoms with van der Waals surface area (Å²) in [6, 6.07) is 14.6. The summed E-state index contributed by atoms with van der Waals surface area (Å²) in [6.07, 6.45) is 0.809. The normalized spacial score (nSPS) is 12.2. The maximum atomic E-state index is 6.57. The van der Waals surface area contributed by atoms with Crippen LogP contribution in [0.3, 0.4) is 0 Å². The van der Waals surface area contributed by atoms with Gasteiger partial charge in [-0.3, -0.25) is 0 Å². The van der Waals surface area contributed by atoms with Gasteiger partial charge in [-0.15, -0.1) is 11.6 Å². The third-order valence-corrected chi connectivity index (χ3v) is 3.61. The molecule has 1 nitrogen and oxygen atoms in total. The molecule has 0 heterocycles. The first kappa shape index (κ1) is 14.0. The van der Waals surface area contributed by atoms with Crippen molar-refractivity contribution in [3.8, 4) is 5.75 Å². The summed E-state index contributed by atoms with van der Waals surface area (Å²) in [6.45, 7) is 4.17. The molecule has 0 bridgehead atoms. The van der Waals surface area contributed by atoms with Crippen LogP contribution < -0.4 is 4.74 Å². The molecule has 19 heavy (non-hydrogen) atoms. The predicted molar refractivity (Wildman–Crippen MR) is 81.2 cm³/mol. The van der Waals surface area contributed by atoms with Crippen LogP contribution in [-0.2, 0) is 6.42 Å². The molecule has 0 saturated carbocycles. The summed E-state index contributed by atoms with van der Waals surface area (Å²) in [5.74, 6) is 0.859. The summed E-state index contributed by atoms with van der Waals surface area (Å²) < 4.78 is 5.40. The highest BCUT2D eigenvalue weighted by molar-refractivity contribution is 6.21. The third-order valence-electron chi connectivity index (χ3n) is 3.22. The summed E-state index contributed by atoms with van der Waals surface area (Å²) in [5.41, 5.74) is 4.78. The van der Waals surface area contributed by atoms with Crippen molar-refractivity contribution in [2.45, 2.75) is 25.6 Å². The van der Waals surface area contributed by atoms with Gasteiger partial charge >= 0.3 is 0 Å². The highest BCUT2D eigenvalue weighted by atomic mass is 35.5. The van der Waals surface area contributed by atoms with Gasteiger partial charge < -0.3 is 4.74 Å². The molecule has 0 aliphatic heterocycles. The lowest BCUT2D eigenvalue weighted by atomic mass is 10.0. The van der Waals surface area contributed by atoms with Crippen LogP contribution in [0.1, 0.15) is 27.6 Å². The quantitative estimate of drug-likeness (QED) is 0.725. The van der Waals surface area contributed by atoms with Crippen LogP contribution in [0.25, 0.3) is 0 Å². The first-order valence-corrected chi connectivity index (χ1v) is 6.88. The first-order chi connectivity index (χ1) is 9.10. The average Bonchev–Trinajstić information content (AvgIpc) is 2.38. The third kappa shape index (κ3) is 3.51. The Morgan fingerprint density at radius 3 is 2.47 bits per heavy atom. The lowest BCUT2D eigenvalue weighted by Crippen LogP contribution is -2.00. The molecule has 2 rings (SSSR count). The zero-order valence-electron chi connectivity index (χ0n) is 11.6. The van der Waals surface area contributed by atoms with E-state index in [-0.39, 0.29) is 5.38 Å². The fourth-order valence-electron chi connectivity index (χ4n) is 2.25. The van der Waals surface area contributed by atoms with Crippen molar-refractivity contribution in [3.05, 3.63) is 64.7 Å². The van der Waals surface area contributed by atoms with E-state index in [1.54, 1.807) is 7.11 Å². The Labute approximate surface area is 120 Å². The highest BCUT2D eigenvalue weighted by Gasteiger charge is 2.14. The second-order valence-corrected chi connectivity index (χ2v) is 5.43. The molecule has 0 saturated heterocycles. The number of hydrogen-bond donors (Lipinski definition) is 0. The van der Waals surface area contributed by atoms with E-state index in [1.807, 2.05) is 12.1 Å².